The van der Waals surface area contributed by atoms with E-state index in [4.69, 9.17) is 4.74 Å². The molecule has 19 heavy (non-hydrogen) atoms. The molecular weight excluding hydrogens is 240 g/mol. The topological polar surface area (TPSA) is 49.8 Å². The molecule has 0 bridgehead atoms. The van der Waals surface area contributed by atoms with E-state index in [1.807, 2.05) is 6.92 Å². The van der Waals surface area contributed by atoms with Gasteiger partial charge in [0.2, 0.25) is 0 Å². The Morgan fingerprint density at radius 2 is 1.89 bits per heavy atom. The number of fused-ring (bicyclic) bond motifs is 1. The minimum absolute atomic E-state index is 0.177. The lowest BCUT2D eigenvalue weighted by atomic mass is 9.54. The van der Waals surface area contributed by atoms with E-state index in [1.54, 1.807) is 0 Å². The summed E-state index contributed by atoms with van der Waals surface area (Å²) in [4.78, 5) is 11.8. The van der Waals surface area contributed by atoms with Crippen LogP contribution in [0.25, 0.3) is 0 Å². The third kappa shape index (κ3) is 2.01. The fourth-order valence-corrected chi connectivity index (χ4v) is 4.64. The smallest absolute Gasteiger partial charge is 0.310 e. The van der Waals surface area contributed by atoms with E-state index < -0.39 is 11.4 Å². The van der Waals surface area contributed by atoms with Gasteiger partial charge in [0.1, 0.15) is 0 Å². The molecule has 3 fully saturated rings. The summed E-state index contributed by atoms with van der Waals surface area (Å²) in [7, 11) is 0. The molecule has 2 saturated carbocycles. The monoisotopic (exact) mass is 266 g/mol. The maximum absolute atomic E-state index is 11.8. The van der Waals surface area contributed by atoms with Gasteiger partial charge in [-0.3, -0.25) is 4.79 Å². The van der Waals surface area contributed by atoms with Gasteiger partial charge in [-0.1, -0.05) is 39.0 Å². The molecule has 3 heteroatoms. The van der Waals surface area contributed by atoms with Crippen LogP contribution >= 0.6 is 0 Å². The predicted molar refractivity (Wildman–Crippen MR) is 72.9 cm³/mol. The molecule has 0 radical (unpaired) electrons. The highest BCUT2D eigenvalue weighted by Crippen LogP contribution is 2.61. The van der Waals surface area contributed by atoms with Crippen LogP contribution in [0.4, 0.5) is 0 Å². The zero-order chi connectivity index (χ0) is 13.7. The summed E-state index contributed by atoms with van der Waals surface area (Å²) >= 11 is 0. The van der Waals surface area contributed by atoms with Crippen LogP contribution in [0.5, 0.6) is 0 Å². The SMILES string of the molecule is CC1(C(=O)O)CCC2OC2C1(C)CC1CCCCC1. The summed E-state index contributed by atoms with van der Waals surface area (Å²) in [6.45, 7) is 4.13. The summed E-state index contributed by atoms with van der Waals surface area (Å²) in [6, 6.07) is 0. The average Bonchev–Trinajstić information content (AvgIpc) is 3.16. The Balaban J connectivity index is 1.82. The van der Waals surface area contributed by atoms with Gasteiger partial charge in [-0.05, 0) is 32.1 Å². The van der Waals surface area contributed by atoms with Crippen molar-refractivity contribution in [2.75, 3.05) is 0 Å². The van der Waals surface area contributed by atoms with Crippen molar-refractivity contribution in [2.24, 2.45) is 16.7 Å². The molecule has 3 nitrogen and oxygen atoms in total. The average molecular weight is 266 g/mol. The number of epoxide rings is 1. The summed E-state index contributed by atoms with van der Waals surface area (Å²) in [5.41, 5.74) is -0.786. The number of hydrogen-bond acceptors (Lipinski definition) is 2. The molecule has 108 valence electrons. The van der Waals surface area contributed by atoms with Gasteiger partial charge in [0.05, 0.1) is 17.6 Å². The lowest BCUT2D eigenvalue weighted by Crippen LogP contribution is -2.51. The second-order valence-corrected chi connectivity index (χ2v) is 7.40. The third-order valence-corrected chi connectivity index (χ3v) is 6.31. The largest absolute Gasteiger partial charge is 0.481 e. The van der Waals surface area contributed by atoms with Gasteiger partial charge in [0.15, 0.2) is 0 Å². The van der Waals surface area contributed by atoms with Crippen LogP contribution in [0.3, 0.4) is 0 Å². The molecule has 1 N–H and O–H groups in total. The van der Waals surface area contributed by atoms with Crippen molar-refractivity contribution in [1.82, 2.24) is 0 Å². The van der Waals surface area contributed by atoms with Gasteiger partial charge in [-0.25, -0.2) is 0 Å². The van der Waals surface area contributed by atoms with Crippen molar-refractivity contribution >= 4 is 5.97 Å². The quantitative estimate of drug-likeness (QED) is 0.794. The highest BCUT2D eigenvalue weighted by molar-refractivity contribution is 5.76. The van der Waals surface area contributed by atoms with Crippen LogP contribution in [-0.4, -0.2) is 23.3 Å². The van der Waals surface area contributed by atoms with E-state index in [-0.39, 0.29) is 11.5 Å². The standard InChI is InChI=1S/C16H26O3/c1-15(14(17)18)9-8-12-13(19-12)16(15,2)10-11-6-4-3-5-7-11/h11-13H,3-10H2,1-2H3,(H,17,18). The molecule has 1 aliphatic heterocycles. The second-order valence-electron chi connectivity index (χ2n) is 7.40. The van der Waals surface area contributed by atoms with E-state index in [0.717, 1.165) is 19.3 Å². The van der Waals surface area contributed by atoms with Crippen LogP contribution in [0.2, 0.25) is 0 Å². The molecule has 2 aliphatic carbocycles. The molecule has 3 aliphatic rings. The summed E-state index contributed by atoms with van der Waals surface area (Å²) in [6.07, 6.45) is 9.83. The molecule has 4 atom stereocenters. The molecule has 0 aromatic carbocycles. The fraction of sp³-hybridized carbons (Fsp3) is 0.938. The Kier molecular flexibility index (Phi) is 3.16. The van der Waals surface area contributed by atoms with Gasteiger partial charge in [-0.15, -0.1) is 0 Å². The minimum atomic E-state index is -0.625. The molecule has 1 heterocycles. The summed E-state index contributed by atoms with van der Waals surface area (Å²) in [5, 5.41) is 9.74. The molecular formula is C16H26O3. The van der Waals surface area contributed by atoms with Gasteiger partial charge < -0.3 is 9.84 Å². The third-order valence-electron chi connectivity index (χ3n) is 6.31. The number of carbonyl (C=O) groups is 1. The number of aliphatic carboxylic acids is 1. The number of carboxylic acids is 1. The second kappa shape index (κ2) is 4.47. The Hall–Kier alpha value is -0.570. The van der Waals surface area contributed by atoms with Crippen molar-refractivity contribution in [1.29, 1.82) is 0 Å². The van der Waals surface area contributed by atoms with Crippen LogP contribution in [0.15, 0.2) is 0 Å². The molecule has 0 aromatic heterocycles. The first-order valence-corrected chi connectivity index (χ1v) is 7.86. The zero-order valence-corrected chi connectivity index (χ0v) is 12.2. The van der Waals surface area contributed by atoms with E-state index in [9.17, 15) is 9.90 Å². The van der Waals surface area contributed by atoms with E-state index in [0.29, 0.717) is 12.0 Å². The predicted octanol–water partition coefficient (Wildman–Crippen LogP) is 3.62. The number of rotatable bonds is 3. The molecule has 1 saturated heterocycles. The molecule has 0 aromatic rings. The van der Waals surface area contributed by atoms with Crippen molar-refractivity contribution in [3.63, 3.8) is 0 Å². The van der Waals surface area contributed by atoms with Gasteiger partial charge in [0, 0.05) is 5.41 Å². The van der Waals surface area contributed by atoms with Crippen LogP contribution in [0.1, 0.15) is 65.2 Å². The lowest BCUT2D eigenvalue weighted by Gasteiger charge is -2.47. The fourth-order valence-electron chi connectivity index (χ4n) is 4.64. The molecule has 3 rings (SSSR count). The van der Waals surface area contributed by atoms with Crippen LogP contribution < -0.4 is 0 Å². The van der Waals surface area contributed by atoms with Gasteiger partial charge >= 0.3 is 5.97 Å². The first-order chi connectivity index (χ1) is 8.97. The molecule has 0 spiro atoms. The zero-order valence-electron chi connectivity index (χ0n) is 12.2. The Morgan fingerprint density at radius 3 is 2.53 bits per heavy atom. The molecule has 4 unspecified atom stereocenters. The van der Waals surface area contributed by atoms with Crippen molar-refractivity contribution in [2.45, 2.75) is 77.4 Å². The normalized spacial score (nSPS) is 46.6. The highest BCUT2D eigenvalue weighted by atomic mass is 16.6. The van der Waals surface area contributed by atoms with Gasteiger partial charge in [-0.2, -0.15) is 0 Å². The molecule has 0 amide bonds. The van der Waals surface area contributed by atoms with E-state index >= 15 is 0 Å². The van der Waals surface area contributed by atoms with E-state index in [2.05, 4.69) is 6.92 Å². The number of carboxylic acid groups (broad SMARTS) is 1. The van der Waals surface area contributed by atoms with Crippen molar-refractivity contribution < 1.29 is 14.6 Å². The van der Waals surface area contributed by atoms with Crippen LogP contribution in [0, 0.1) is 16.7 Å². The number of hydrogen-bond donors (Lipinski definition) is 1. The summed E-state index contributed by atoms with van der Waals surface area (Å²) in [5.74, 6) is 0.0835. The lowest BCUT2D eigenvalue weighted by molar-refractivity contribution is -0.161. The summed E-state index contributed by atoms with van der Waals surface area (Å²) < 4.78 is 5.82. The van der Waals surface area contributed by atoms with Gasteiger partial charge in [0.25, 0.3) is 0 Å². The Morgan fingerprint density at radius 1 is 1.21 bits per heavy atom. The maximum Gasteiger partial charge on any atom is 0.310 e. The van der Waals surface area contributed by atoms with Crippen LogP contribution in [-0.2, 0) is 9.53 Å². The number of ether oxygens (including phenoxy) is 1. The minimum Gasteiger partial charge on any atom is -0.481 e. The Bertz CT molecular complexity index is 374. The van der Waals surface area contributed by atoms with Crippen molar-refractivity contribution in [3.8, 4) is 0 Å². The van der Waals surface area contributed by atoms with E-state index in [1.165, 1.54) is 32.1 Å². The highest BCUT2D eigenvalue weighted by Gasteiger charge is 2.66. The Labute approximate surface area is 115 Å². The first-order valence-electron chi connectivity index (χ1n) is 7.86. The maximum atomic E-state index is 11.8. The first kappa shape index (κ1) is 13.4. The van der Waals surface area contributed by atoms with Crippen molar-refractivity contribution in [3.05, 3.63) is 0 Å².